The molecule has 0 radical (unpaired) electrons. The highest BCUT2D eigenvalue weighted by Gasteiger charge is 2.13. The predicted molar refractivity (Wildman–Crippen MR) is 90.0 cm³/mol. The zero-order valence-electron chi connectivity index (χ0n) is 12.5. The first-order chi connectivity index (χ1) is 10.1. The van der Waals surface area contributed by atoms with Gasteiger partial charge in [0, 0.05) is 10.5 Å². The molecule has 1 nitrogen and oxygen atoms in total. The maximum absolute atomic E-state index is 13.4. The van der Waals surface area contributed by atoms with E-state index in [0.717, 1.165) is 29.4 Å². The van der Waals surface area contributed by atoms with E-state index < -0.39 is 0 Å². The average molecular weight is 350 g/mol. The lowest BCUT2D eigenvalue weighted by molar-refractivity contribution is 0.545. The van der Waals surface area contributed by atoms with Crippen LogP contribution in [0.25, 0.3) is 0 Å². The number of benzene rings is 2. The maximum atomic E-state index is 13.4. The molecule has 0 spiro atoms. The monoisotopic (exact) mass is 349 g/mol. The molecule has 0 amide bonds. The molecule has 0 fully saturated rings. The summed E-state index contributed by atoms with van der Waals surface area (Å²) in [4.78, 5) is 0. The summed E-state index contributed by atoms with van der Waals surface area (Å²) in [6.45, 7) is 5.13. The second-order valence-electron chi connectivity index (χ2n) is 5.15. The zero-order valence-corrected chi connectivity index (χ0v) is 14.1. The minimum atomic E-state index is -0.190. The minimum Gasteiger partial charge on any atom is -0.310 e. The number of nitrogens with one attached hydrogen (secondary N) is 1. The predicted octanol–water partition coefficient (Wildman–Crippen LogP) is 5.04. The first-order valence-corrected chi connectivity index (χ1v) is 8.19. The number of hydrogen-bond acceptors (Lipinski definition) is 1. The molecule has 1 atom stereocenters. The van der Waals surface area contributed by atoms with Gasteiger partial charge in [0.15, 0.2) is 0 Å². The number of rotatable bonds is 6. The summed E-state index contributed by atoms with van der Waals surface area (Å²) in [5.41, 5.74) is 3.56. The first kappa shape index (κ1) is 16.2. The Morgan fingerprint density at radius 2 is 1.81 bits per heavy atom. The van der Waals surface area contributed by atoms with Gasteiger partial charge in [-0.25, -0.2) is 4.39 Å². The number of hydrogen-bond donors (Lipinski definition) is 1. The van der Waals surface area contributed by atoms with Crippen molar-refractivity contribution in [3.63, 3.8) is 0 Å². The van der Waals surface area contributed by atoms with Gasteiger partial charge in [0.05, 0.1) is 0 Å². The lowest BCUT2D eigenvalue weighted by atomic mass is 9.97. The van der Waals surface area contributed by atoms with E-state index in [2.05, 4.69) is 59.4 Å². The number of likely N-dealkylation sites (N-methyl/N-ethyl adjacent to an activating group) is 1. The Balaban J connectivity index is 2.23. The summed E-state index contributed by atoms with van der Waals surface area (Å²) in [6.07, 6.45) is 1.80. The highest BCUT2D eigenvalue weighted by Crippen LogP contribution is 2.25. The van der Waals surface area contributed by atoms with Crippen molar-refractivity contribution in [3.8, 4) is 0 Å². The van der Waals surface area contributed by atoms with E-state index in [9.17, 15) is 4.39 Å². The molecule has 0 saturated carbocycles. The van der Waals surface area contributed by atoms with Crippen molar-refractivity contribution in [1.29, 1.82) is 0 Å². The van der Waals surface area contributed by atoms with Crippen LogP contribution in [0.1, 0.15) is 36.6 Å². The van der Waals surface area contributed by atoms with Crippen LogP contribution in [0.2, 0.25) is 0 Å². The third-order valence-electron chi connectivity index (χ3n) is 3.67. The molecule has 0 aliphatic rings. The molecule has 1 unspecified atom stereocenters. The Hall–Kier alpha value is -1.19. The highest BCUT2D eigenvalue weighted by molar-refractivity contribution is 9.10. The third kappa shape index (κ3) is 4.39. The van der Waals surface area contributed by atoms with E-state index in [-0.39, 0.29) is 11.9 Å². The van der Waals surface area contributed by atoms with Gasteiger partial charge in [0.25, 0.3) is 0 Å². The molecule has 2 rings (SSSR count). The molecule has 2 aromatic rings. The van der Waals surface area contributed by atoms with Crippen LogP contribution >= 0.6 is 15.9 Å². The first-order valence-electron chi connectivity index (χ1n) is 7.40. The SMILES string of the molecule is CCNC(Cc1cc(F)ccc1Br)c1ccc(CC)cc1. The maximum Gasteiger partial charge on any atom is 0.123 e. The van der Waals surface area contributed by atoms with E-state index in [1.54, 1.807) is 12.1 Å². The van der Waals surface area contributed by atoms with Gasteiger partial charge in [-0.3, -0.25) is 0 Å². The standard InChI is InChI=1S/C18H21BrFN/c1-3-13-5-7-14(8-6-13)18(21-4-2)12-15-11-16(20)9-10-17(15)19/h5-11,18,21H,3-4,12H2,1-2H3. The van der Waals surface area contributed by atoms with Crippen molar-refractivity contribution >= 4 is 15.9 Å². The highest BCUT2D eigenvalue weighted by atomic mass is 79.9. The molecule has 1 N–H and O–H groups in total. The second-order valence-corrected chi connectivity index (χ2v) is 6.00. The van der Waals surface area contributed by atoms with Gasteiger partial charge in [-0.1, -0.05) is 54.0 Å². The molecule has 0 aliphatic heterocycles. The second kappa shape index (κ2) is 7.71. The van der Waals surface area contributed by atoms with Crippen molar-refractivity contribution in [3.05, 3.63) is 69.4 Å². The van der Waals surface area contributed by atoms with E-state index in [4.69, 9.17) is 0 Å². The molecule has 0 bridgehead atoms. The van der Waals surface area contributed by atoms with Crippen LogP contribution in [0.4, 0.5) is 4.39 Å². The van der Waals surface area contributed by atoms with Crippen molar-refractivity contribution < 1.29 is 4.39 Å². The van der Waals surface area contributed by atoms with E-state index in [0.29, 0.717) is 0 Å². The van der Waals surface area contributed by atoms with Crippen LogP contribution in [0.15, 0.2) is 46.9 Å². The summed E-state index contributed by atoms with van der Waals surface area (Å²) < 4.78 is 14.4. The van der Waals surface area contributed by atoms with Crippen LogP contribution in [0, 0.1) is 5.82 Å². The Morgan fingerprint density at radius 3 is 2.43 bits per heavy atom. The summed E-state index contributed by atoms with van der Waals surface area (Å²) in [5.74, 6) is -0.190. The molecule has 0 saturated heterocycles. The zero-order chi connectivity index (χ0) is 15.2. The van der Waals surface area contributed by atoms with Gasteiger partial charge in [0.2, 0.25) is 0 Å². The van der Waals surface area contributed by atoms with Crippen LogP contribution in [0.5, 0.6) is 0 Å². The quantitative estimate of drug-likeness (QED) is 0.769. The average Bonchev–Trinajstić information content (AvgIpc) is 2.50. The van der Waals surface area contributed by atoms with Gasteiger partial charge < -0.3 is 5.32 Å². The molecular formula is C18H21BrFN. The summed E-state index contributed by atoms with van der Waals surface area (Å²) >= 11 is 3.51. The molecule has 3 heteroatoms. The van der Waals surface area contributed by atoms with Crippen LogP contribution in [-0.4, -0.2) is 6.54 Å². The fraction of sp³-hybridized carbons (Fsp3) is 0.333. The smallest absolute Gasteiger partial charge is 0.123 e. The topological polar surface area (TPSA) is 12.0 Å². The Labute approximate surface area is 134 Å². The van der Waals surface area contributed by atoms with E-state index in [1.807, 2.05) is 0 Å². The summed E-state index contributed by atoms with van der Waals surface area (Å²) in [6, 6.07) is 13.7. The fourth-order valence-electron chi connectivity index (χ4n) is 2.46. The molecule has 2 aromatic carbocycles. The van der Waals surface area contributed by atoms with Crippen molar-refractivity contribution in [1.82, 2.24) is 5.32 Å². The van der Waals surface area contributed by atoms with Crippen LogP contribution in [0.3, 0.4) is 0 Å². The van der Waals surface area contributed by atoms with E-state index in [1.165, 1.54) is 17.2 Å². The van der Waals surface area contributed by atoms with Gasteiger partial charge in [-0.05, 0) is 54.3 Å². The molecule has 0 aliphatic carbocycles. The van der Waals surface area contributed by atoms with Crippen LogP contribution < -0.4 is 5.32 Å². The molecule has 0 aromatic heterocycles. The van der Waals surface area contributed by atoms with Crippen molar-refractivity contribution in [2.45, 2.75) is 32.7 Å². The molecule has 112 valence electrons. The Bertz CT molecular complexity index is 580. The normalized spacial score (nSPS) is 12.4. The lowest BCUT2D eigenvalue weighted by Gasteiger charge is -2.19. The summed E-state index contributed by atoms with van der Waals surface area (Å²) in [7, 11) is 0. The van der Waals surface area contributed by atoms with Gasteiger partial charge >= 0.3 is 0 Å². The third-order valence-corrected chi connectivity index (χ3v) is 4.45. The molecule has 21 heavy (non-hydrogen) atoms. The number of halogens is 2. The van der Waals surface area contributed by atoms with Gasteiger partial charge in [-0.15, -0.1) is 0 Å². The van der Waals surface area contributed by atoms with Crippen LogP contribution in [-0.2, 0) is 12.8 Å². The fourth-order valence-corrected chi connectivity index (χ4v) is 2.87. The van der Waals surface area contributed by atoms with Gasteiger partial charge in [0.1, 0.15) is 5.82 Å². The summed E-state index contributed by atoms with van der Waals surface area (Å²) in [5, 5.41) is 3.49. The largest absolute Gasteiger partial charge is 0.310 e. The van der Waals surface area contributed by atoms with Crippen molar-refractivity contribution in [2.75, 3.05) is 6.54 Å². The van der Waals surface area contributed by atoms with E-state index >= 15 is 0 Å². The molecule has 0 heterocycles. The van der Waals surface area contributed by atoms with Crippen molar-refractivity contribution in [2.24, 2.45) is 0 Å². The Kier molecular flexibility index (Phi) is 5.95. The molecular weight excluding hydrogens is 329 g/mol. The number of aryl methyl sites for hydroxylation is 1. The lowest BCUT2D eigenvalue weighted by Crippen LogP contribution is -2.23. The minimum absolute atomic E-state index is 0.190. The Morgan fingerprint density at radius 1 is 1.10 bits per heavy atom. The van der Waals surface area contributed by atoms with Gasteiger partial charge in [-0.2, -0.15) is 0 Å².